The molecular weight excluding hydrogens is 255 g/mol. The lowest BCUT2D eigenvalue weighted by Crippen LogP contribution is -2.62. The van der Waals surface area contributed by atoms with Crippen LogP contribution in [0.25, 0.3) is 0 Å². The number of rotatable bonds is 0. The van der Waals surface area contributed by atoms with Gasteiger partial charge in [-0.1, -0.05) is 6.42 Å². The summed E-state index contributed by atoms with van der Waals surface area (Å²) in [5.74, 6) is -1.06. The molecule has 4 nitrogen and oxygen atoms in total. The molecule has 0 spiro atoms. The summed E-state index contributed by atoms with van der Waals surface area (Å²) >= 11 is 4.53. The van der Waals surface area contributed by atoms with Gasteiger partial charge >= 0.3 is 6.18 Å². The van der Waals surface area contributed by atoms with E-state index in [9.17, 15) is 18.3 Å². The molecule has 0 aromatic carbocycles. The molecule has 0 radical (unpaired) electrons. The van der Waals surface area contributed by atoms with Gasteiger partial charge in [-0.05, 0) is 31.5 Å². The molecule has 0 unspecified atom stereocenters. The van der Waals surface area contributed by atoms with E-state index in [0.717, 1.165) is 6.42 Å². The molecule has 1 heterocycles. The Hall–Kier alpha value is -0.890. The first kappa shape index (κ1) is 12.6. The molecule has 0 aromatic heterocycles. The number of alkyl halides is 3. The molecule has 1 aliphatic carbocycles. The van der Waals surface area contributed by atoms with Crippen molar-refractivity contribution >= 4 is 23.0 Å². The van der Waals surface area contributed by atoms with Crippen molar-refractivity contribution in [2.75, 3.05) is 0 Å². The van der Waals surface area contributed by atoms with Crippen LogP contribution in [0.5, 0.6) is 0 Å². The van der Waals surface area contributed by atoms with Crippen LogP contribution in [0.1, 0.15) is 25.7 Å². The quantitative estimate of drug-likeness (QED) is 0.650. The van der Waals surface area contributed by atoms with Gasteiger partial charge in [-0.2, -0.15) is 23.3 Å². The maximum Gasteiger partial charge on any atom is 0.439 e. The summed E-state index contributed by atoms with van der Waals surface area (Å²) < 4.78 is 39.1. The van der Waals surface area contributed by atoms with E-state index in [2.05, 4.69) is 17.3 Å². The molecule has 3 N–H and O–H groups in total. The van der Waals surface area contributed by atoms with Crippen molar-refractivity contribution in [3.63, 3.8) is 0 Å². The minimum Gasteiger partial charge on any atom is -0.375 e. The van der Waals surface area contributed by atoms with Crippen LogP contribution in [0.4, 0.5) is 13.2 Å². The van der Waals surface area contributed by atoms with Crippen LogP contribution in [0.15, 0.2) is 5.10 Å². The highest BCUT2D eigenvalue weighted by molar-refractivity contribution is 7.80. The molecule has 1 aliphatic heterocycles. The van der Waals surface area contributed by atoms with Crippen molar-refractivity contribution in [3.8, 4) is 0 Å². The highest BCUT2D eigenvalue weighted by atomic mass is 32.1. The number of thiocarbonyl (C=S) groups is 1. The zero-order valence-corrected chi connectivity index (χ0v) is 9.68. The molecule has 0 saturated heterocycles. The Morgan fingerprint density at radius 1 is 1.53 bits per heavy atom. The Bertz CT molecular complexity index is 384. The highest BCUT2D eigenvalue weighted by Crippen LogP contribution is 2.47. The fourth-order valence-corrected chi connectivity index (χ4v) is 2.62. The minimum atomic E-state index is -4.84. The largest absolute Gasteiger partial charge is 0.439 e. The molecule has 96 valence electrons. The third-order valence-electron chi connectivity index (χ3n) is 3.24. The van der Waals surface area contributed by atoms with E-state index in [1.54, 1.807) is 0 Å². The second-order valence-corrected chi connectivity index (χ2v) is 4.68. The van der Waals surface area contributed by atoms with E-state index >= 15 is 0 Å². The number of aliphatic hydroxyl groups is 1. The Labute approximate surface area is 101 Å². The van der Waals surface area contributed by atoms with Gasteiger partial charge in [-0.15, -0.1) is 0 Å². The third kappa shape index (κ3) is 1.70. The lowest BCUT2D eigenvalue weighted by atomic mass is 9.80. The average Bonchev–Trinajstić information content (AvgIpc) is 2.54. The van der Waals surface area contributed by atoms with Crippen molar-refractivity contribution in [1.29, 1.82) is 0 Å². The van der Waals surface area contributed by atoms with Crippen LogP contribution >= 0.6 is 12.2 Å². The predicted molar refractivity (Wildman–Crippen MR) is 59.0 cm³/mol. The minimum absolute atomic E-state index is 0.244. The van der Waals surface area contributed by atoms with Crippen molar-refractivity contribution in [3.05, 3.63) is 0 Å². The number of fused-ring (bicyclic) bond motifs is 1. The van der Waals surface area contributed by atoms with Gasteiger partial charge in [0.2, 0.25) is 0 Å². The Kier molecular flexibility index (Phi) is 2.81. The average molecular weight is 267 g/mol. The zero-order chi connectivity index (χ0) is 12.8. The van der Waals surface area contributed by atoms with Crippen molar-refractivity contribution in [1.82, 2.24) is 5.01 Å². The number of nitrogens with two attached hydrogens (primary N) is 1. The lowest BCUT2D eigenvalue weighted by molar-refractivity contribution is -0.309. The van der Waals surface area contributed by atoms with E-state index in [1.807, 2.05) is 0 Å². The number of hydrogen-bond donors (Lipinski definition) is 2. The van der Waals surface area contributed by atoms with Crippen molar-refractivity contribution < 1.29 is 18.3 Å². The van der Waals surface area contributed by atoms with Gasteiger partial charge < -0.3 is 10.8 Å². The van der Waals surface area contributed by atoms with E-state index in [4.69, 9.17) is 5.73 Å². The van der Waals surface area contributed by atoms with Gasteiger partial charge in [0.15, 0.2) is 5.11 Å². The third-order valence-corrected chi connectivity index (χ3v) is 3.41. The van der Waals surface area contributed by atoms with Gasteiger partial charge in [0.25, 0.3) is 5.72 Å². The normalized spacial score (nSPS) is 33.3. The Morgan fingerprint density at radius 3 is 2.71 bits per heavy atom. The molecular formula is C9H12F3N3OS. The van der Waals surface area contributed by atoms with Crippen LogP contribution in [0.3, 0.4) is 0 Å². The molecule has 1 fully saturated rings. The van der Waals surface area contributed by atoms with E-state index < -0.39 is 22.9 Å². The first-order valence-corrected chi connectivity index (χ1v) is 5.65. The molecule has 0 amide bonds. The molecule has 2 rings (SSSR count). The lowest BCUT2D eigenvalue weighted by Gasteiger charge is -2.38. The standard InChI is InChI=1S/C9H12F3N3OS/c10-9(11,12)8(16)5-3-1-2-4-6(5)14-15(8)7(13)17/h5,16H,1-4H2,(H2,13,17)/t5-,8+/m1/s1. The smallest absolute Gasteiger partial charge is 0.375 e. The second kappa shape index (κ2) is 3.81. The fourth-order valence-electron chi connectivity index (χ4n) is 2.44. The van der Waals surface area contributed by atoms with E-state index in [-0.39, 0.29) is 6.42 Å². The number of hydrazone groups is 1. The van der Waals surface area contributed by atoms with Crippen LogP contribution < -0.4 is 5.73 Å². The highest BCUT2D eigenvalue weighted by Gasteiger charge is 2.67. The first-order valence-electron chi connectivity index (χ1n) is 5.24. The number of halogens is 3. The van der Waals surface area contributed by atoms with Gasteiger partial charge in [0.05, 0.1) is 5.92 Å². The van der Waals surface area contributed by atoms with Crippen LogP contribution in [-0.4, -0.2) is 32.8 Å². The summed E-state index contributed by atoms with van der Waals surface area (Å²) in [4.78, 5) is 0. The fraction of sp³-hybridized carbons (Fsp3) is 0.778. The van der Waals surface area contributed by atoms with E-state index in [1.165, 1.54) is 0 Å². The number of hydrogen-bond acceptors (Lipinski definition) is 3. The molecule has 0 aromatic rings. The molecule has 8 heteroatoms. The monoisotopic (exact) mass is 267 g/mol. The summed E-state index contributed by atoms with van der Waals surface area (Å²) in [5, 5.41) is 13.5. The Balaban J connectivity index is 2.45. The van der Waals surface area contributed by atoms with Gasteiger partial charge in [0.1, 0.15) is 0 Å². The Morgan fingerprint density at radius 2 is 2.18 bits per heavy atom. The molecule has 17 heavy (non-hydrogen) atoms. The maximum atomic E-state index is 13.0. The summed E-state index contributed by atoms with van der Waals surface area (Å²) in [6, 6.07) is 0. The van der Waals surface area contributed by atoms with Crippen molar-refractivity contribution in [2.45, 2.75) is 37.6 Å². The predicted octanol–water partition coefficient (Wildman–Crippen LogP) is 1.34. The van der Waals surface area contributed by atoms with Crippen LogP contribution in [0, 0.1) is 5.92 Å². The maximum absolute atomic E-state index is 13.0. The summed E-state index contributed by atoms with van der Waals surface area (Å²) in [6.07, 6.45) is -2.75. The molecule has 2 atom stereocenters. The van der Waals surface area contributed by atoms with Crippen LogP contribution in [-0.2, 0) is 0 Å². The second-order valence-electron chi connectivity index (χ2n) is 4.26. The zero-order valence-electron chi connectivity index (χ0n) is 8.87. The summed E-state index contributed by atoms with van der Waals surface area (Å²) in [7, 11) is 0. The van der Waals surface area contributed by atoms with Crippen LogP contribution in [0.2, 0.25) is 0 Å². The first-order chi connectivity index (χ1) is 7.78. The van der Waals surface area contributed by atoms with Gasteiger partial charge in [0, 0.05) is 5.71 Å². The molecule has 2 aliphatic rings. The van der Waals surface area contributed by atoms with E-state index in [0.29, 0.717) is 23.6 Å². The van der Waals surface area contributed by atoms with Gasteiger partial charge in [-0.25, -0.2) is 0 Å². The SMILES string of the molecule is NC(=S)N1N=C2CCCC[C@H]2[C@]1(O)C(F)(F)F. The number of nitrogens with zero attached hydrogens (tertiary/aromatic N) is 2. The van der Waals surface area contributed by atoms with Gasteiger partial charge in [-0.3, -0.25) is 0 Å². The summed E-state index contributed by atoms with van der Waals surface area (Å²) in [6.45, 7) is 0. The topological polar surface area (TPSA) is 61.8 Å². The van der Waals surface area contributed by atoms with Crippen molar-refractivity contribution in [2.24, 2.45) is 16.8 Å². The molecule has 1 saturated carbocycles. The summed E-state index contributed by atoms with van der Waals surface area (Å²) in [5.41, 5.74) is 2.48. The molecule has 0 bridgehead atoms.